The quantitative estimate of drug-likeness (QED) is 0.390. The summed E-state index contributed by atoms with van der Waals surface area (Å²) in [5.74, 6) is 2.28. The van der Waals surface area contributed by atoms with Gasteiger partial charge < -0.3 is 14.7 Å². The van der Waals surface area contributed by atoms with Crippen molar-refractivity contribution < 1.29 is 13.7 Å². The van der Waals surface area contributed by atoms with Gasteiger partial charge in [0.05, 0.1) is 18.6 Å². The minimum atomic E-state index is -0.381. The van der Waals surface area contributed by atoms with Crippen molar-refractivity contribution in [2.24, 2.45) is 5.73 Å². The van der Waals surface area contributed by atoms with Gasteiger partial charge in [0.1, 0.15) is 23.0 Å². The largest absolute Gasteiger partial charge is 0.467 e. The van der Waals surface area contributed by atoms with Crippen LogP contribution in [-0.4, -0.2) is 25.8 Å². The molecule has 2 N–H and O–H groups in total. The van der Waals surface area contributed by atoms with Crippen molar-refractivity contribution in [3.63, 3.8) is 0 Å². The third-order valence-electron chi connectivity index (χ3n) is 4.32. The van der Waals surface area contributed by atoms with Crippen molar-refractivity contribution in [2.45, 2.75) is 30.3 Å². The normalized spacial score (nSPS) is 11.1. The Balaban J connectivity index is 1.48. The maximum atomic E-state index is 11.2. The number of aryl methyl sites for hydroxylation is 1. The van der Waals surface area contributed by atoms with E-state index < -0.39 is 0 Å². The van der Waals surface area contributed by atoms with Crippen LogP contribution < -0.4 is 5.73 Å². The number of furan rings is 1. The van der Waals surface area contributed by atoms with E-state index in [4.69, 9.17) is 26.3 Å². The molecule has 0 fully saturated rings. The minimum absolute atomic E-state index is 0.202. The molecule has 1 amide bonds. The lowest BCUT2D eigenvalue weighted by Gasteiger charge is -2.07. The van der Waals surface area contributed by atoms with Gasteiger partial charge in [-0.2, -0.15) is 0 Å². The average molecular weight is 444 g/mol. The van der Waals surface area contributed by atoms with Gasteiger partial charge in [-0.05, 0) is 24.3 Å². The molecular weight excluding hydrogens is 426 g/mol. The lowest BCUT2D eigenvalue weighted by atomic mass is 10.1. The topological polar surface area (TPSA) is 113 Å². The summed E-state index contributed by atoms with van der Waals surface area (Å²) in [5, 5.41) is 14.0. The highest BCUT2D eigenvalue weighted by Gasteiger charge is 2.16. The Kier molecular flexibility index (Phi) is 6.20. The standard InChI is InChI=1S/C20H18ClN5O3S/c21-14-5-3-13(4-6-14)17-10-16(29-25-17)12-30-20-24-23-19(8-7-18(22)27)26(20)11-15-2-1-9-28-15/h1-6,9-10H,7-8,11-12H2,(H2,22,27). The van der Waals surface area contributed by atoms with Gasteiger partial charge >= 0.3 is 0 Å². The Morgan fingerprint density at radius 1 is 1.17 bits per heavy atom. The van der Waals surface area contributed by atoms with Crippen LogP contribution >= 0.6 is 23.4 Å². The number of halogens is 1. The second-order valence-electron chi connectivity index (χ2n) is 6.50. The Labute approximate surface area is 181 Å². The van der Waals surface area contributed by atoms with Crippen molar-refractivity contribution >= 4 is 29.3 Å². The number of nitrogens with zero attached hydrogens (tertiary/aromatic N) is 4. The Hall–Kier alpha value is -3.04. The maximum Gasteiger partial charge on any atom is 0.217 e. The van der Waals surface area contributed by atoms with Crippen molar-refractivity contribution in [2.75, 3.05) is 0 Å². The lowest BCUT2D eigenvalue weighted by molar-refractivity contribution is -0.118. The minimum Gasteiger partial charge on any atom is -0.467 e. The summed E-state index contributed by atoms with van der Waals surface area (Å²) in [4.78, 5) is 11.2. The first kappa shape index (κ1) is 20.2. The van der Waals surface area contributed by atoms with Gasteiger partial charge in [0.2, 0.25) is 5.91 Å². The predicted molar refractivity (Wildman–Crippen MR) is 112 cm³/mol. The number of amides is 1. The molecule has 0 aliphatic heterocycles. The number of primary amides is 1. The van der Waals surface area contributed by atoms with E-state index in [1.165, 1.54) is 11.8 Å². The number of benzene rings is 1. The molecule has 0 bridgehead atoms. The van der Waals surface area contributed by atoms with Crippen LogP contribution in [0.5, 0.6) is 0 Å². The fourth-order valence-corrected chi connectivity index (χ4v) is 3.79. The number of carbonyl (C=O) groups is 1. The lowest BCUT2D eigenvalue weighted by Crippen LogP contribution is -2.14. The summed E-state index contributed by atoms with van der Waals surface area (Å²) in [6.45, 7) is 0.461. The third kappa shape index (κ3) is 4.92. The van der Waals surface area contributed by atoms with Gasteiger partial charge in [-0.1, -0.05) is 40.7 Å². The molecule has 8 nitrogen and oxygen atoms in total. The highest BCUT2D eigenvalue weighted by molar-refractivity contribution is 7.98. The van der Waals surface area contributed by atoms with E-state index in [1.54, 1.807) is 6.26 Å². The van der Waals surface area contributed by atoms with Gasteiger partial charge in [-0.15, -0.1) is 10.2 Å². The molecule has 1 aromatic carbocycles. The van der Waals surface area contributed by atoms with Crippen molar-refractivity contribution in [3.8, 4) is 11.3 Å². The van der Waals surface area contributed by atoms with Crippen LogP contribution in [0, 0.1) is 0 Å². The van der Waals surface area contributed by atoms with Crippen LogP contribution in [0.4, 0.5) is 0 Å². The molecule has 154 valence electrons. The Morgan fingerprint density at radius 3 is 2.73 bits per heavy atom. The Bertz CT molecular complexity index is 1120. The van der Waals surface area contributed by atoms with Crippen LogP contribution in [0.1, 0.15) is 23.8 Å². The number of carbonyl (C=O) groups excluding carboxylic acids is 1. The van der Waals surface area contributed by atoms with Gasteiger partial charge in [-0.25, -0.2) is 0 Å². The monoisotopic (exact) mass is 443 g/mol. The fourth-order valence-electron chi connectivity index (χ4n) is 2.84. The number of thioether (sulfide) groups is 1. The second-order valence-corrected chi connectivity index (χ2v) is 7.88. The number of hydrogen-bond acceptors (Lipinski definition) is 7. The van der Waals surface area contributed by atoms with Crippen LogP contribution in [0.3, 0.4) is 0 Å². The second kappa shape index (κ2) is 9.19. The van der Waals surface area contributed by atoms with Gasteiger partial charge in [0.15, 0.2) is 5.16 Å². The van der Waals surface area contributed by atoms with Gasteiger partial charge in [0, 0.05) is 29.5 Å². The zero-order valence-electron chi connectivity index (χ0n) is 15.8. The smallest absolute Gasteiger partial charge is 0.217 e. The number of rotatable bonds is 9. The van der Waals surface area contributed by atoms with E-state index in [2.05, 4.69) is 15.4 Å². The SMILES string of the molecule is NC(=O)CCc1nnc(SCc2cc(-c3ccc(Cl)cc3)no2)n1Cc1ccco1. The van der Waals surface area contributed by atoms with Crippen LogP contribution in [0.2, 0.25) is 5.02 Å². The molecule has 0 saturated carbocycles. The summed E-state index contributed by atoms with van der Waals surface area (Å²) < 4.78 is 12.8. The van der Waals surface area contributed by atoms with E-state index in [1.807, 2.05) is 47.0 Å². The highest BCUT2D eigenvalue weighted by atomic mass is 35.5. The first-order chi connectivity index (χ1) is 14.6. The number of nitrogens with two attached hydrogens (primary N) is 1. The molecule has 30 heavy (non-hydrogen) atoms. The number of aromatic nitrogens is 4. The highest BCUT2D eigenvalue weighted by Crippen LogP contribution is 2.27. The molecule has 4 aromatic rings. The third-order valence-corrected chi connectivity index (χ3v) is 5.57. The van der Waals surface area contributed by atoms with E-state index in [0.29, 0.717) is 40.5 Å². The molecular formula is C20H18ClN5O3S. The summed E-state index contributed by atoms with van der Waals surface area (Å²) in [6, 6.07) is 13.0. The molecule has 3 heterocycles. The Morgan fingerprint density at radius 2 is 2.00 bits per heavy atom. The molecule has 0 radical (unpaired) electrons. The van der Waals surface area contributed by atoms with Crippen molar-refractivity contribution in [1.82, 2.24) is 19.9 Å². The van der Waals surface area contributed by atoms with E-state index in [0.717, 1.165) is 17.0 Å². The van der Waals surface area contributed by atoms with Crippen molar-refractivity contribution in [3.05, 3.63) is 71.1 Å². The maximum absolute atomic E-state index is 11.2. The van der Waals surface area contributed by atoms with Gasteiger partial charge in [0.25, 0.3) is 0 Å². The summed E-state index contributed by atoms with van der Waals surface area (Å²) >= 11 is 7.40. The average Bonchev–Trinajstić information content (AvgIpc) is 3.48. The van der Waals surface area contributed by atoms with E-state index in [9.17, 15) is 4.79 Å². The van der Waals surface area contributed by atoms with E-state index >= 15 is 0 Å². The summed E-state index contributed by atoms with van der Waals surface area (Å²) in [7, 11) is 0. The van der Waals surface area contributed by atoms with Crippen LogP contribution in [0.25, 0.3) is 11.3 Å². The van der Waals surface area contributed by atoms with Gasteiger partial charge in [-0.3, -0.25) is 9.36 Å². The molecule has 0 saturated heterocycles. The zero-order valence-corrected chi connectivity index (χ0v) is 17.4. The zero-order chi connectivity index (χ0) is 20.9. The first-order valence-electron chi connectivity index (χ1n) is 9.15. The molecule has 0 spiro atoms. The molecule has 10 heteroatoms. The fraction of sp³-hybridized carbons (Fsp3) is 0.200. The summed E-state index contributed by atoms with van der Waals surface area (Å²) in [6.07, 6.45) is 2.22. The van der Waals surface area contributed by atoms with Crippen LogP contribution in [-0.2, 0) is 23.5 Å². The van der Waals surface area contributed by atoms with E-state index in [-0.39, 0.29) is 12.3 Å². The molecule has 3 aromatic heterocycles. The van der Waals surface area contributed by atoms with Crippen molar-refractivity contribution in [1.29, 1.82) is 0 Å². The van der Waals surface area contributed by atoms with Crippen LogP contribution in [0.15, 0.2) is 62.8 Å². The summed E-state index contributed by atoms with van der Waals surface area (Å²) in [5.41, 5.74) is 6.94. The molecule has 4 rings (SSSR count). The molecule has 0 unspecified atom stereocenters. The molecule has 0 aliphatic carbocycles. The molecule has 0 aliphatic rings. The predicted octanol–water partition coefficient (Wildman–Crippen LogP) is 3.94. The number of hydrogen-bond donors (Lipinski definition) is 1. The molecule has 0 atom stereocenters. The first-order valence-corrected chi connectivity index (χ1v) is 10.5.